The number of carbonyl (C=O) groups is 1. The van der Waals surface area contributed by atoms with Gasteiger partial charge in [0.25, 0.3) is 0 Å². The summed E-state index contributed by atoms with van der Waals surface area (Å²) in [5.41, 5.74) is 1.20. The summed E-state index contributed by atoms with van der Waals surface area (Å²) in [7, 11) is 0. The highest BCUT2D eigenvalue weighted by Crippen LogP contribution is 2.11. The van der Waals surface area contributed by atoms with Crippen LogP contribution in [0.5, 0.6) is 5.75 Å². The van der Waals surface area contributed by atoms with Crippen molar-refractivity contribution in [3.63, 3.8) is 0 Å². The molecule has 0 saturated heterocycles. The van der Waals surface area contributed by atoms with Gasteiger partial charge in [-0.1, -0.05) is 23.8 Å². The van der Waals surface area contributed by atoms with E-state index in [9.17, 15) is 4.79 Å². The van der Waals surface area contributed by atoms with Crippen molar-refractivity contribution in [3.8, 4) is 5.75 Å². The van der Waals surface area contributed by atoms with Gasteiger partial charge in [-0.25, -0.2) is 0 Å². The maximum Gasteiger partial charge on any atom is 0.219 e. The fourth-order valence-electron chi connectivity index (χ4n) is 1.44. The Morgan fingerprint density at radius 3 is 2.59 bits per heavy atom. The van der Waals surface area contributed by atoms with Crippen LogP contribution in [0, 0.1) is 6.92 Å². The maximum absolute atomic E-state index is 11.2. The Morgan fingerprint density at radius 1 is 1.41 bits per heavy atom. The summed E-state index contributed by atoms with van der Waals surface area (Å²) in [5.74, 6) is 0.870. The molecule has 0 fully saturated rings. The van der Waals surface area contributed by atoms with E-state index in [2.05, 4.69) is 6.58 Å². The number of amides is 1. The van der Waals surface area contributed by atoms with E-state index in [0.717, 1.165) is 5.75 Å². The van der Waals surface area contributed by atoms with Crippen LogP contribution in [0.15, 0.2) is 36.9 Å². The normalized spacial score (nSPS) is 9.76. The monoisotopic (exact) mass is 233 g/mol. The van der Waals surface area contributed by atoms with Crippen LogP contribution in [0.3, 0.4) is 0 Å². The van der Waals surface area contributed by atoms with Crippen LogP contribution in [-0.2, 0) is 4.79 Å². The fourth-order valence-corrected chi connectivity index (χ4v) is 1.44. The van der Waals surface area contributed by atoms with E-state index in [1.807, 2.05) is 31.2 Å². The molecule has 1 amide bonds. The van der Waals surface area contributed by atoms with E-state index in [4.69, 9.17) is 4.74 Å². The summed E-state index contributed by atoms with van der Waals surface area (Å²) in [6.07, 6.45) is 1.72. The van der Waals surface area contributed by atoms with Gasteiger partial charge in [-0.2, -0.15) is 0 Å². The molecule has 0 bridgehead atoms. The third-order valence-electron chi connectivity index (χ3n) is 2.45. The summed E-state index contributed by atoms with van der Waals surface area (Å²) < 4.78 is 5.56. The molecule has 17 heavy (non-hydrogen) atoms. The molecule has 3 heteroatoms. The van der Waals surface area contributed by atoms with E-state index in [0.29, 0.717) is 19.7 Å². The number of rotatable bonds is 6. The van der Waals surface area contributed by atoms with E-state index >= 15 is 0 Å². The minimum atomic E-state index is 0.0393. The molecule has 1 aromatic carbocycles. The lowest BCUT2D eigenvalue weighted by Crippen LogP contribution is -2.32. The lowest BCUT2D eigenvalue weighted by atomic mass is 10.2. The summed E-state index contributed by atoms with van der Waals surface area (Å²) in [6, 6.07) is 7.87. The minimum Gasteiger partial charge on any atom is -0.492 e. The smallest absolute Gasteiger partial charge is 0.219 e. The first-order chi connectivity index (χ1) is 8.13. The Hall–Kier alpha value is -1.77. The Kier molecular flexibility index (Phi) is 5.27. The second-order valence-corrected chi connectivity index (χ2v) is 3.92. The van der Waals surface area contributed by atoms with Crippen molar-refractivity contribution in [2.75, 3.05) is 19.7 Å². The van der Waals surface area contributed by atoms with Crippen molar-refractivity contribution >= 4 is 5.91 Å². The second kappa shape index (κ2) is 6.74. The minimum absolute atomic E-state index is 0.0393. The number of hydrogen-bond acceptors (Lipinski definition) is 2. The molecular weight excluding hydrogens is 214 g/mol. The molecular formula is C14H19NO2. The van der Waals surface area contributed by atoms with Crippen LogP contribution in [0.2, 0.25) is 0 Å². The predicted octanol–water partition coefficient (Wildman–Crippen LogP) is 2.41. The summed E-state index contributed by atoms with van der Waals surface area (Å²) >= 11 is 0. The Bertz CT molecular complexity index is 370. The summed E-state index contributed by atoms with van der Waals surface area (Å²) in [5, 5.41) is 0. The van der Waals surface area contributed by atoms with Crippen LogP contribution in [0.25, 0.3) is 0 Å². The highest BCUT2D eigenvalue weighted by molar-refractivity contribution is 5.73. The standard InChI is InChI=1S/C14H19NO2/c1-4-9-15(13(3)16)10-11-17-14-7-5-12(2)6-8-14/h4-8H,1,9-11H2,2-3H3. The molecule has 0 unspecified atom stereocenters. The number of aryl methyl sites for hydroxylation is 1. The van der Waals surface area contributed by atoms with Crippen molar-refractivity contribution in [3.05, 3.63) is 42.5 Å². The predicted molar refractivity (Wildman–Crippen MR) is 69.1 cm³/mol. The van der Waals surface area contributed by atoms with Crippen molar-refractivity contribution in [2.24, 2.45) is 0 Å². The molecule has 0 aliphatic rings. The molecule has 0 atom stereocenters. The molecule has 0 radical (unpaired) electrons. The van der Waals surface area contributed by atoms with Gasteiger partial charge < -0.3 is 9.64 Å². The largest absolute Gasteiger partial charge is 0.492 e. The highest BCUT2D eigenvalue weighted by Gasteiger charge is 2.05. The molecule has 0 aromatic heterocycles. The summed E-state index contributed by atoms with van der Waals surface area (Å²) in [4.78, 5) is 12.9. The van der Waals surface area contributed by atoms with Gasteiger partial charge in [0.2, 0.25) is 5.91 Å². The molecule has 92 valence electrons. The van der Waals surface area contributed by atoms with E-state index in [1.54, 1.807) is 17.9 Å². The Morgan fingerprint density at radius 2 is 2.06 bits per heavy atom. The number of nitrogens with zero attached hydrogens (tertiary/aromatic N) is 1. The third-order valence-corrected chi connectivity index (χ3v) is 2.45. The van der Waals surface area contributed by atoms with Gasteiger partial charge in [0.15, 0.2) is 0 Å². The topological polar surface area (TPSA) is 29.5 Å². The van der Waals surface area contributed by atoms with Gasteiger partial charge in [0.1, 0.15) is 12.4 Å². The maximum atomic E-state index is 11.2. The van der Waals surface area contributed by atoms with Crippen molar-refractivity contribution < 1.29 is 9.53 Å². The van der Waals surface area contributed by atoms with Crippen LogP contribution in [0.1, 0.15) is 12.5 Å². The fraction of sp³-hybridized carbons (Fsp3) is 0.357. The van der Waals surface area contributed by atoms with Crippen molar-refractivity contribution in [1.82, 2.24) is 4.90 Å². The second-order valence-electron chi connectivity index (χ2n) is 3.92. The van der Waals surface area contributed by atoms with E-state index in [-0.39, 0.29) is 5.91 Å². The van der Waals surface area contributed by atoms with Gasteiger partial charge in [-0.15, -0.1) is 6.58 Å². The molecule has 0 spiro atoms. The van der Waals surface area contributed by atoms with Crippen LogP contribution >= 0.6 is 0 Å². The van der Waals surface area contributed by atoms with Crippen LogP contribution < -0.4 is 4.74 Å². The van der Waals surface area contributed by atoms with E-state index in [1.165, 1.54) is 5.56 Å². The zero-order valence-electron chi connectivity index (χ0n) is 10.5. The molecule has 0 N–H and O–H groups in total. The number of carbonyl (C=O) groups excluding carboxylic acids is 1. The Balaban J connectivity index is 2.37. The molecule has 3 nitrogen and oxygen atoms in total. The molecule has 1 aromatic rings. The van der Waals surface area contributed by atoms with Crippen LogP contribution in [0.4, 0.5) is 0 Å². The van der Waals surface area contributed by atoms with E-state index < -0.39 is 0 Å². The summed E-state index contributed by atoms with van der Waals surface area (Å²) in [6.45, 7) is 8.85. The third kappa shape index (κ3) is 4.72. The first-order valence-electron chi connectivity index (χ1n) is 5.69. The molecule has 0 heterocycles. The number of benzene rings is 1. The first-order valence-corrected chi connectivity index (χ1v) is 5.69. The lowest BCUT2D eigenvalue weighted by molar-refractivity contribution is -0.128. The first kappa shape index (κ1) is 13.3. The molecule has 0 aliphatic heterocycles. The Labute approximate surface area is 103 Å². The van der Waals surface area contributed by atoms with Crippen molar-refractivity contribution in [1.29, 1.82) is 0 Å². The zero-order chi connectivity index (χ0) is 12.7. The molecule has 0 aliphatic carbocycles. The van der Waals surface area contributed by atoms with Crippen LogP contribution in [-0.4, -0.2) is 30.5 Å². The van der Waals surface area contributed by atoms with Gasteiger partial charge in [0.05, 0.1) is 6.54 Å². The highest BCUT2D eigenvalue weighted by atomic mass is 16.5. The van der Waals surface area contributed by atoms with Gasteiger partial charge in [-0.05, 0) is 19.1 Å². The molecule has 1 rings (SSSR count). The lowest BCUT2D eigenvalue weighted by Gasteiger charge is -2.19. The van der Waals surface area contributed by atoms with Gasteiger partial charge >= 0.3 is 0 Å². The quantitative estimate of drug-likeness (QED) is 0.706. The molecule has 0 saturated carbocycles. The van der Waals surface area contributed by atoms with Gasteiger partial charge in [0, 0.05) is 13.5 Å². The zero-order valence-corrected chi connectivity index (χ0v) is 10.5. The average molecular weight is 233 g/mol. The van der Waals surface area contributed by atoms with Gasteiger partial charge in [-0.3, -0.25) is 4.79 Å². The number of ether oxygens (including phenoxy) is 1. The number of hydrogen-bond donors (Lipinski definition) is 0. The SMILES string of the molecule is C=CCN(CCOc1ccc(C)cc1)C(C)=O. The van der Waals surface area contributed by atoms with Crippen molar-refractivity contribution in [2.45, 2.75) is 13.8 Å². The average Bonchev–Trinajstić information content (AvgIpc) is 2.30.